The number of amides is 1. The number of carbonyl (C=O) groups excluding carboxylic acids is 1. The van der Waals surface area contributed by atoms with Gasteiger partial charge >= 0.3 is 0 Å². The minimum atomic E-state index is 0.0219. The molecule has 4 heteroatoms. The van der Waals surface area contributed by atoms with Crippen molar-refractivity contribution in [2.45, 2.75) is 19.4 Å². The Labute approximate surface area is 109 Å². The van der Waals surface area contributed by atoms with Crippen molar-refractivity contribution in [3.05, 3.63) is 35.9 Å². The maximum absolute atomic E-state index is 11.1. The van der Waals surface area contributed by atoms with E-state index < -0.39 is 0 Å². The highest BCUT2D eigenvalue weighted by Crippen LogP contribution is 2.15. The molecule has 0 saturated carbocycles. The Balaban J connectivity index is 2.09. The Morgan fingerprint density at radius 3 is 2.72 bits per heavy atom. The highest BCUT2D eigenvalue weighted by Gasteiger charge is 2.04. The topological polar surface area (TPSA) is 50.4 Å². The second-order valence-corrected chi connectivity index (χ2v) is 4.16. The molecule has 1 atom stereocenters. The van der Waals surface area contributed by atoms with Crippen LogP contribution < -0.4 is 10.6 Å². The molecule has 0 aromatic heterocycles. The molecule has 0 aliphatic carbocycles. The second-order valence-electron chi connectivity index (χ2n) is 4.16. The smallest absolute Gasteiger partial charge is 0.233 e. The SMILES string of the molecule is CNCC(=O)NCCCOC(C)c1ccccc1. The Bertz CT molecular complexity index is 341. The predicted molar refractivity (Wildman–Crippen MR) is 72.4 cm³/mol. The van der Waals surface area contributed by atoms with Gasteiger partial charge in [0.25, 0.3) is 0 Å². The van der Waals surface area contributed by atoms with Gasteiger partial charge in [-0.2, -0.15) is 0 Å². The van der Waals surface area contributed by atoms with Crippen LogP contribution in [0.1, 0.15) is 25.0 Å². The lowest BCUT2D eigenvalue weighted by molar-refractivity contribution is -0.120. The molecule has 18 heavy (non-hydrogen) atoms. The molecule has 0 spiro atoms. The van der Waals surface area contributed by atoms with Gasteiger partial charge in [0.2, 0.25) is 5.91 Å². The molecular weight excluding hydrogens is 228 g/mol. The molecule has 1 aromatic rings. The van der Waals surface area contributed by atoms with Crippen molar-refractivity contribution in [3.63, 3.8) is 0 Å². The van der Waals surface area contributed by atoms with Crippen molar-refractivity contribution in [3.8, 4) is 0 Å². The standard InChI is InChI=1S/C14H22N2O2/c1-12(13-7-4-3-5-8-13)18-10-6-9-16-14(17)11-15-2/h3-5,7-8,12,15H,6,9-11H2,1-2H3,(H,16,17). The summed E-state index contributed by atoms with van der Waals surface area (Å²) in [4.78, 5) is 11.1. The van der Waals surface area contributed by atoms with Crippen LogP contribution in [0.25, 0.3) is 0 Å². The quantitative estimate of drug-likeness (QED) is 0.687. The van der Waals surface area contributed by atoms with Gasteiger partial charge in [-0.25, -0.2) is 0 Å². The average molecular weight is 250 g/mol. The fraction of sp³-hybridized carbons (Fsp3) is 0.500. The van der Waals surface area contributed by atoms with Crippen molar-refractivity contribution >= 4 is 5.91 Å². The van der Waals surface area contributed by atoms with E-state index in [0.29, 0.717) is 19.7 Å². The van der Waals surface area contributed by atoms with Gasteiger partial charge in [0.15, 0.2) is 0 Å². The van der Waals surface area contributed by atoms with E-state index in [0.717, 1.165) is 6.42 Å². The van der Waals surface area contributed by atoms with Gasteiger partial charge in [0.1, 0.15) is 0 Å². The van der Waals surface area contributed by atoms with Gasteiger partial charge in [0, 0.05) is 13.2 Å². The molecule has 1 unspecified atom stereocenters. The molecule has 0 aliphatic rings. The van der Waals surface area contributed by atoms with E-state index in [1.807, 2.05) is 25.1 Å². The molecule has 0 bridgehead atoms. The lowest BCUT2D eigenvalue weighted by atomic mass is 10.1. The third-order valence-corrected chi connectivity index (χ3v) is 2.62. The number of hydrogen-bond donors (Lipinski definition) is 2. The summed E-state index contributed by atoms with van der Waals surface area (Å²) in [6, 6.07) is 10.1. The Kier molecular flexibility index (Phi) is 7.06. The molecule has 0 radical (unpaired) electrons. The highest BCUT2D eigenvalue weighted by atomic mass is 16.5. The van der Waals surface area contributed by atoms with Gasteiger partial charge in [-0.3, -0.25) is 4.79 Å². The molecule has 1 amide bonds. The molecule has 1 aromatic carbocycles. The second kappa shape index (κ2) is 8.66. The number of carbonyl (C=O) groups is 1. The fourth-order valence-corrected chi connectivity index (χ4v) is 1.60. The summed E-state index contributed by atoms with van der Waals surface area (Å²) in [5.74, 6) is 0.0219. The molecule has 0 aliphatic heterocycles. The summed E-state index contributed by atoms with van der Waals surface area (Å²) < 4.78 is 5.70. The van der Waals surface area contributed by atoms with Crippen molar-refractivity contribution in [2.75, 3.05) is 26.7 Å². The minimum Gasteiger partial charge on any atom is -0.374 e. The molecule has 0 saturated heterocycles. The molecule has 0 fully saturated rings. The first-order valence-electron chi connectivity index (χ1n) is 6.32. The van der Waals surface area contributed by atoms with Crippen LogP contribution in [0, 0.1) is 0 Å². The van der Waals surface area contributed by atoms with Gasteiger partial charge in [-0.05, 0) is 26.0 Å². The summed E-state index contributed by atoms with van der Waals surface area (Å²) in [5.41, 5.74) is 1.18. The van der Waals surface area contributed by atoms with Crippen LogP contribution in [0.15, 0.2) is 30.3 Å². The summed E-state index contributed by atoms with van der Waals surface area (Å²) in [5, 5.41) is 5.62. The largest absolute Gasteiger partial charge is 0.374 e. The lowest BCUT2D eigenvalue weighted by Gasteiger charge is -2.13. The van der Waals surface area contributed by atoms with Gasteiger partial charge < -0.3 is 15.4 Å². The Morgan fingerprint density at radius 2 is 2.06 bits per heavy atom. The molecule has 1 rings (SSSR count). The first-order valence-corrected chi connectivity index (χ1v) is 6.32. The van der Waals surface area contributed by atoms with Crippen LogP contribution in [0.3, 0.4) is 0 Å². The zero-order valence-corrected chi connectivity index (χ0v) is 11.1. The third-order valence-electron chi connectivity index (χ3n) is 2.62. The van der Waals surface area contributed by atoms with Crippen LogP contribution in [0.5, 0.6) is 0 Å². The van der Waals surface area contributed by atoms with Gasteiger partial charge in [-0.1, -0.05) is 30.3 Å². The highest BCUT2D eigenvalue weighted by molar-refractivity contribution is 5.77. The normalized spacial score (nSPS) is 12.1. The maximum atomic E-state index is 11.1. The minimum absolute atomic E-state index is 0.0219. The number of rotatable bonds is 8. The molecule has 0 heterocycles. The zero-order valence-electron chi connectivity index (χ0n) is 11.1. The monoisotopic (exact) mass is 250 g/mol. The maximum Gasteiger partial charge on any atom is 0.233 e. The van der Waals surface area contributed by atoms with Gasteiger partial charge in [-0.15, -0.1) is 0 Å². The van der Waals surface area contributed by atoms with Crippen LogP contribution in [-0.2, 0) is 9.53 Å². The van der Waals surface area contributed by atoms with E-state index in [-0.39, 0.29) is 12.0 Å². The lowest BCUT2D eigenvalue weighted by Crippen LogP contribution is -2.33. The summed E-state index contributed by atoms with van der Waals surface area (Å²) in [6.45, 7) is 3.70. The first kappa shape index (κ1) is 14.7. The van der Waals surface area contributed by atoms with Crippen LogP contribution in [0.4, 0.5) is 0 Å². The van der Waals surface area contributed by atoms with E-state index >= 15 is 0 Å². The van der Waals surface area contributed by atoms with Crippen molar-refractivity contribution in [1.82, 2.24) is 10.6 Å². The van der Waals surface area contributed by atoms with E-state index in [9.17, 15) is 4.79 Å². The molecular formula is C14H22N2O2. The number of ether oxygens (including phenoxy) is 1. The van der Waals surface area contributed by atoms with E-state index in [4.69, 9.17) is 4.74 Å². The number of nitrogens with one attached hydrogen (secondary N) is 2. The van der Waals surface area contributed by atoms with E-state index in [1.54, 1.807) is 7.05 Å². The summed E-state index contributed by atoms with van der Waals surface area (Å²) >= 11 is 0. The first-order chi connectivity index (χ1) is 8.74. The number of hydrogen-bond acceptors (Lipinski definition) is 3. The number of likely N-dealkylation sites (N-methyl/N-ethyl adjacent to an activating group) is 1. The Morgan fingerprint density at radius 1 is 1.33 bits per heavy atom. The summed E-state index contributed by atoms with van der Waals surface area (Å²) in [7, 11) is 1.75. The Hall–Kier alpha value is -1.39. The predicted octanol–water partition coefficient (Wildman–Crippen LogP) is 1.49. The van der Waals surface area contributed by atoms with Crippen molar-refractivity contribution < 1.29 is 9.53 Å². The molecule has 2 N–H and O–H groups in total. The molecule has 4 nitrogen and oxygen atoms in total. The van der Waals surface area contributed by atoms with Crippen molar-refractivity contribution in [2.24, 2.45) is 0 Å². The van der Waals surface area contributed by atoms with E-state index in [2.05, 4.69) is 22.8 Å². The average Bonchev–Trinajstić information content (AvgIpc) is 2.39. The number of benzene rings is 1. The fourth-order valence-electron chi connectivity index (χ4n) is 1.60. The molecule has 100 valence electrons. The zero-order chi connectivity index (χ0) is 13.2. The summed E-state index contributed by atoms with van der Waals surface area (Å²) in [6.07, 6.45) is 0.923. The van der Waals surface area contributed by atoms with E-state index in [1.165, 1.54) is 5.56 Å². The van der Waals surface area contributed by atoms with Crippen molar-refractivity contribution in [1.29, 1.82) is 0 Å². The third kappa shape index (κ3) is 5.80. The van der Waals surface area contributed by atoms with Gasteiger partial charge in [0.05, 0.1) is 12.6 Å². The van der Waals surface area contributed by atoms with Crippen LogP contribution >= 0.6 is 0 Å². The van der Waals surface area contributed by atoms with Crippen LogP contribution in [-0.4, -0.2) is 32.7 Å². The van der Waals surface area contributed by atoms with Crippen LogP contribution in [0.2, 0.25) is 0 Å².